The minimum absolute atomic E-state index is 0.0561. The highest BCUT2D eigenvalue weighted by molar-refractivity contribution is 5.47. The zero-order valence-corrected chi connectivity index (χ0v) is 6.82. The Kier molecular flexibility index (Phi) is 1.47. The molecular formula is C10H9NO. The Labute approximate surface area is 70.1 Å². The van der Waals surface area contributed by atoms with Crippen molar-refractivity contribution in [1.29, 1.82) is 0 Å². The molecule has 0 saturated heterocycles. The van der Waals surface area contributed by atoms with Gasteiger partial charge in [-0.05, 0) is 19.1 Å². The normalized spacial score (nSPS) is 10.4. The van der Waals surface area contributed by atoms with E-state index in [-0.39, 0.29) is 5.43 Å². The van der Waals surface area contributed by atoms with Gasteiger partial charge in [-0.15, -0.1) is 0 Å². The van der Waals surface area contributed by atoms with Gasteiger partial charge in [-0.25, -0.2) is 0 Å². The summed E-state index contributed by atoms with van der Waals surface area (Å²) < 4.78 is 1.99. The Morgan fingerprint density at radius 3 is 2.92 bits per heavy atom. The van der Waals surface area contributed by atoms with Crippen LogP contribution in [0.2, 0.25) is 0 Å². The average molecular weight is 159 g/mol. The van der Waals surface area contributed by atoms with Gasteiger partial charge in [0.2, 0.25) is 0 Å². The van der Waals surface area contributed by atoms with Crippen molar-refractivity contribution in [2.45, 2.75) is 6.92 Å². The number of pyridine rings is 2. The summed E-state index contributed by atoms with van der Waals surface area (Å²) in [7, 11) is 0. The summed E-state index contributed by atoms with van der Waals surface area (Å²) in [4.78, 5) is 11.0. The van der Waals surface area contributed by atoms with E-state index in [4.69, 9.17) is 0 Å². The predicted molar refractivity (Wildman–Crippen MR) is 48.4 cm³/mol. The number of aryl methyl sites for hydroxylation is 1. The molecule has 0 aliphatic rings. The highest BCUT2D eigenvalue weighted by atomic mass is 16.1. The van der Waals surface area contributed by atoms with Crippen molar-refractivity contribution in [3.05, 3.63) is 52.4 Å². The maximum atomic E-state index is 11.0. The highest BCUT2D eigenvalue weighted by Crippen LogP contribution is 2.03. The largest absolute Gasteiger partial charge is 0.321 e. The van der Waals surface area contributed by atoms with Crippen molar-refractivity contribution >= 4 is 5.52 Å². The lowest BCUT2D eigenvalue weighted by molar-refractivity contribution is 1.07. The van der Waals surface area contributed by atoms with Crippen LogP contribution in [-0.2, 0) is 0 Å². The lowest BCUT2D eigenvalue weighted by Crippen LogP contribution is -2.01. The molecule has 0 aliphatic heterocycles. The third kappa shape index (κ3) is 1.01. The first kappa shape index (κ1) is 7.10. The molecule has 0 unspecified atom stereocenters. The van der Waals surface area contributed by atoms with Gasteiger partial charge < -0.3 is 4.40 Å². The van der Waals surface area contributed by atoms with Gasteiger partial charge in [-0.2, -0.15) is 0 Å². The van der Waals surface area contributed by atoms with Gasteiger partial charge in [0.15, 0.2) is 5.43 Å². The second-order valence-electron chi connectivity index (χ2n) is 2.82. The molecule has 60 valence electrons. The van der Waals surface area contributed by atoms with Crippen LogP contribution in [0.3, 0.4) is 0 Å². The minimum Gasteiger partial charge on any atom is -0.321 e. The first-order valence-electron chi connectivity index (χ1n) is 3.85. The summed E-state index contributed by atoms with van der Waals surface area (Å²) in [6.45, 7) is 2.01. The van der Waals surface area contributed by atoms with E-state index in [0.29, 0.717) is 0 Å². The summed E-state index contributed by atoms with van der Waals surface area (Å²) in [6.07, 6.45) is 1.80. The van der Waals surface area contributed by atoms with Crippen LogP contribution in [-0.4, -0.2) is 4.40 Å². The standard InChI is InChI=1S/C10H9NO/c1-8-3-2-4-9-7-10(12)5-6-11(8)9/h2-7H,1H3. The van der Waals surface area contributed by atoms with E-state index in [1.165, 1.54) is 0 Å². The second-order valence-corrected chi connectivity index (χ2v) is 2.82. The molecule has 0 bridgehead atoms. The predicted octanol–water partition coefficient (Wildman–Crippen LogP) is 1.61. The molecule has 0 spiro atoms. The summed E-state index contributed by atoms with van der Waals surface area (Å²) in [6, 6.07) is 9.09. The van der Waals surface area contributed by atoms with Gasteiger partial charge in [-0.3, -0.25) is 4.79 Å². The van der Waals surface area contributed by atoms with E-state index in [1.54, 1.807) is 18.3 Å². The molecule has 0 atom stereocenters. The number of hydrogen-bond acceptors (Lipinski definition) is 1. The maximum absolute atomic E-state index is 11.0. The quantitative estimate of drug-likeness (QED) is 0.572. The number of hydrogen-bond donors (Lipinski definition) is 0. The highest BCUT2D eigenvalue weighted by Gasteiger charge is 1.92. The van der Waals surface area contributed by atoms with Gasteiger partial charge in [0.05, 0.1) is 0 Å². The topological polar surface area (TPSA) is 21.5 Å². The molecule has 0 amide bonds. The van der Waals surface area contributed by atoms with Gasteiger partial charge in [0.1, 0.15) is 0 Å². The Bertz CT molecular complexity index is 470. The van der Waals surface area contributed by atoms with Crippen LogP contribution < -0.4 is 5.43 Å². The summed E-state index contributed by atoms with van der Waals surface area (Å²) in [5.41, 5.74) is 2.13. The SMILES string of the molecule is Cc1cccc2cc(=O)ccn12. The average Bonchev–Trinajstić information content (AvgIpc) is 2.04. The van der Waals surface area contributed by atoms with Crippen molar-refractivity contribution in [2.24, 2.45) is 0 Å². The fraction of sp³-hybridized carbons (Fsp3) is 0.100. The monoisotopic (exact) mass is 159 g/mol. The van der Waals surface area contributed by atoms with Crippen molar-refractivity contribution in [2.75, 3.05) is 0 Å². The van der Waals surface area contributed by atoms with Crippen LogP contribution in [0.25, 0.3) is 5.52 Å². The Morgan fingerprint density at radius 2 is 2.08 bits per heavy atom. The number of fused-ring (bicyclic) bond motifs is 1. The summed E-state index contributed by atoms with van der Waals surface area (Å²) in [5.74, 6) is 0. The summed E-state index contributed by atoms with van der Waals surface area (Å²) in [5, 5.41) is 0. The molecular weight excluding hydrogens is 150 g/mol. The third-order valence-electron chi connectivity index (χ3n) is 1.94. The maximum Gasteiger partial charge on any atom is 0.182 e. The number of nitrogens with zero attached hydrogens (tertiary/aromatic N) is 1. The van der Waals surface area contributed by atoms with Crippen LogP contribution in [0.15, 0.2) is 41.3 Å². The molecule has 2 nitrogen and oxygen atoms in total. The van der Waals surface area contributed by atoms with Crippen LogP contribution in [0.5, 0.6) is 0 Å². The fourth-order valence-electron chi connectivity index (χ4n) is 1.31. The molecule has 12 heavy (non-hydrogen) atoms. The van der Waals surface area contributed by atoms with E-state index in [0.717, 1.165) is 11.2 Å². The van der Waals surface area contributed by atoms with Gasteiger partial charge in [-0.1, -0.05) is 6.07 Å². The molecule has 2 heteroatoms. The van der Waals surface area contributed by atoms with Crippen LogP contribution in [0.1, 0.15) is 5.69 Å². The molecule has 2 aromatic rings. The lowest BCUT2D eigenvalue weighted by Gasteiger charge is -2.02. The molecule has 0 radical (unpaired) electrons. The van der Waals surface area contributed by atoms with Gasteiger partial charge in [0.25, 0.3) is 0 Å². The number of aromatic nitrogens is 1. The molecule has 0 fully saturated rings. The molecule has 0 aliphatic carbocycles. The zero-order valence-electron chi connectivity index (χ0n) is 6.82. The molecule has 2 rings (SSSR count). The van der Waals surface area contributed by atoms with E-state index < -0.39 is 0 Å². The second kappa shape index (κ2) is 2.48. The van der Waals surface area contributed by atoms with Crippen LogP contribution >= 0.6 is 0 Å². The van der Waals surface area contributed by atoms with Crippen LogP contribution in [0.4, 0.5) is 0 Å². The molecule has 0 saturated carbocycles. The molecule has 0 N–H and O–H groups in total. The van der Waals surface area contributed by atoms with Crippen molar-refractivity contribution in [3.63, 3.8) is 0 Å². The zero-order chi connectivity index (χ0) is 8.55. The van der Waals surface area contributed by atoms with E-state index in [1.807, 2.05) is 29.5 Å². The van der Waals surface area contributed by atoms with E-state index in [9.17, 15) is 4.79 Å². The molecule has 0 aromatic carbocycles. The van der Waals surface area contributed by atoms with E-state index >= 15 is 0 Å². The smallest absolute Gasteiger partial charge is 0.182 e. The molecule has 2 heterocycles. The lowest BCUT2D eigenvalue weighted by atomic mass is 10.3. The first-order chi connectivity index (χ1) is 5.77. The van der Waals surface area contributed by atoms with Crippen molar-refractivity contribution < 1.29 is 0 Å². The van der Waals surface area contributed by atoms with E-state index in [2.05, 4.69) is 0 Å². The Morgan fingerprint density at radius 1 is 1.25 bits per heavy atom. The van der Waals surface area contributed by atoms with Gasteiger partial charge >= 0.3 is 0 Å². The number of rotatable bonds is 0. The third-order valence-corrected chi connectivity index (χ3v) is 1.94. The van der Waals surface area contributed by atoms with Crippen LogP contribution in [0, 0.1) is 6.92 Å². The Balaban J connectivity index is 2.96. The van der Waals surface area contributed by atoms with Crippen molar-refractivity contribution in [1.82, 2.24) is 4.40 Å². The Hall–Kier alpha value is -1.57. The minimum atomic E-state index is 0.0561. The van der Waals surface area contributed by atoms with Gasteiger partial charge in [0, 0.05) is 29.5 Å². The van der Waals surface area contributed by atoms with Crippen molar-refractivity contribution in [3.8, 4) is 0 Å². The molecule has 2 aromatic heterocycles. The first-order valence-corrected chi connectivity index (χ1v) is 3.85. The summed E-state index contributed by atoms with van der Waals surface area (Å²) >= 11 is 0. The fourth-order valence-corrected chi connectivity index (χ4v) is 1.31.